The molecule has 0 spiro atoms. The molecular weight excluding hydrogens is 312 g/mol. The minimum absolute atomic E-state index is 0.0906. The van der Waals surface area contributed by atoms with Crippen molar-refractivity contribution in [3.05, 3.63) is 18.2 Å². The summed E-state index contributed by atoms with van der Waals surface area (Å²) in [7, 11) is 0. The van der Waals surface area contributed by atoms with Gasteiger partial charge in [0.1, 0.15) is 13.2 Å². The van der Waals surface area contributed by atoms with E-state index < -0.39 is 0 Å². The zero-order valence-corrected chi connectivity index (χ0v) is 14.4. The molecule has 6 heteroatoms. The second-order valence-electron chi connectivity index (χ2n) is 5.82. The Morgan fingerprint density at radius 1 is 1.35 bits per heavy atom. The van der Waals surface area contributed by atoms with Gasteiger partial charge in [-0.2, -0.15) is 0 Å². The maximum absolute atomic E-state index is 12.1. The molecule has 1 aromatic carbocycles. The second kappa shape index (κ2) is 7.93. The van der Waals surface area contributed by atoms with Crippen LogP contribution < -0.4 is 14.8 Å². The lowest BCUT2D eigenvalue weighted by Crippen LogP contribution is -2.40. The Hall–Kier alpha value is -1.40. The number of carbonyl (C=O) groups excluding carboxylic acids is 1. The minimum atomic E-state index is 0.0906. The molecule has 2 heterocycles. The standard InChI is InChI=1S/C17H24N2O3S/c1-2-19-7-3-4-13(19)11-18-17(20)12-23-14-5-6-15-16(10-14)22-9-8-21-15/h5-6,10,13H,2-4,7-9,11-12H2,1H3,(H,18,20). The number of hydrogen-bond acceptors (Lipinski definition) is 5. The van der Waals surface area contributed by atoms with Gasteiger partial charge < -0.3 is 14.8 Å². The van der Waals surface area contributed by atoms with E-state index >= 15 is 0 Å². The molecular formula is C17H24N2O3S. The van der Waals surface area contributed by atoms with Crippen molar-refractivity contribution >= 4 is 17.7 Å². The zero-order valence-electron chi connectivity index (χ0n) is 13.5. The highest BCUT2D eigenvalue weighted by molar-refractivity contribution is 8.00. The number of likely N-dealkylation sites (N-methyl/N-ethyl adjacent to an activating group) is 1. The molecule has 1 fully saturated rings. The Bertz CT molecular complexity index is 553. The number of benzene rings is 1. The molecule has 1 amide bonds. The SMILES string of the molecule is CCN1CCCC1CNC(=O)CSc1ccc2c(c1)OCCO2. The van der Waals surface area contributed by atoms with Crippen LogP contribution in [0.2, 0.25) is 0 Å². The Morgan fingerprint density at radius 2 is 2.17 bits per heavy atom. The van der Waals surface area contributed by atoms with E-state index in [2.05, 4.69) is 17.1 Å². The molecule has 0 radical (unpaired) electrons. The highest BCUT2D eigenvalue weighted by atomic mass is 32.2. The molecule has 0 bridgehead atoms. The summed E-state index contributed by atoms with van der Waals surface area (Å²) >= 11 is 1.53. The van der Waals surface area contributed by atoms with Gasteiger partial charge in [-0.15, -0.1) is 11.8 Å². The quantitative estimate of drug-likeness (QED) is 0.807. The average molecular weight is 336 g/mol. The van der Waals surface area contributed by atoms with Crippen LogP contribution in [0.15, 0.2) is 23.1 Å². The summed E-state index contributed by atoms with van der Waals surface area (Å²) in [4.78, 5) is 15.5. The first-order valence-electron chi connectivity index (χ1n) is 8.29. The molecule has 2 aliphatic rings. The van der Waals surface area contributed by atoms with Crippen molar-refractivity contribution in [2.75, 3.05) is 38.6 Å². The van der Waals surface area contributed by atoms with Gasteiger partial charge in [0.05, 0.1) is 5.75 Å². The lowest BCUT2D eigenvalue weighted by atomic mass is 10.2. The van der Waals surface area contributed by atoms with Gasteiger partial charge in [0.25, 0.3) is 0 Å². The van der Waals surface area contributed by atoms with Crippen LogP contribution in [0.25, 0.3) is 0 Å². The third-order valence-corrected chi connectivity index (χ3v) is 5.32. The van der Waals surface area contributed by atoms with Crippen molar-refractivity contribution in [2.24, 2.45) is 0 Å². The molecule has 23 heavy (non-hydrogen) atoms. The summed E-state index contributed by atoms with van der Waals surface area (Å²) in [5.74, 6) is 2.07. The number of amides is 1. The highest BCUT2D eigenvalue weighted by Crippen LogP contribution is 2.34. The number of carbonyl (C=O) groups is 1. The fourth-order valence-electron chi connectivity index (χ4n) is 3.09. The van der Waals surface area contributed by atoms with Crippen LogP contribution >= 0.6 is 11.8 Å². The first-order valence-corrected chi connectivity index (χ1v) is 9.28. The van der Waals surface area contributed by atoms with Crippen LogP contribution in [0, 0.1) is 0 Å². The van der Waals surface area contributed by atoms with Crippen LogP contribution in [0.1, 0.15) is 19.8 Å². The number of likely N-dealkylation sites (tertiary alicyclic amines) is 1. The van der Waals surface area contributed by atoms with Gasteiger partial charge in [-0.05, 0) is 44.1 Å². The predicted octanol–water partition coefficient (Wildman–Crippen LogP) is 2.15. The molecule has 1 N–H and O–H groups in total. The fraction of sp³-hybridized carbons (Fsp3) is 0.588. The molecule has 1 atom stereocenters. The Kier molecular flexibility index (Phi) is 5.67. The summed E-state index contributed by atoms with van der Waals surface area (Å²) < 4.78 is 11.1. The van der Waals surface area contributed by atoms with Gasteiger partial charge in [-0.3, -0.25) is 9.69 Å². The summed E-state index contributed by atoms with van der Waals surface area (Å²) in [6.07, 6.45) is 2.42. The van der Waals surface area contributed by atoms with Gasteiger partial charge in [0.2, 0.25) is 5.91 Å². The lowest BCUT2D eigenvalue weighted by Gasteiger charge is -2.22. The van der Waals surface area contributed by atoms with E-state index in [1.165, 1.54) is 24.6 Å². The number of rotatable bonds is 6. The molecule has 126 valence electrons. The summed E-state index contributed by atoms with van der Waals surface area (Å²) in [6.45, 7) is 6.33. The van der Waals surface area contributed by atoms with Crippen molar-refractivity contribution in [1.29, 1.82) is 0 Å². The molecule has 1 unspecified atom stereocenters. The molecule has 2 aliphatic heterocycles. The van der Waals surface area contributed by atoms with Gasteiger partial charge in [0.15, 0.2) is 11.5 Å². The topological polar surface area (TPSA) is 50.8 Å². The molecule has 3 rings (SSSR count). The Labute approximate surface area is 141 Å². The summed E-state index contributed by atoms with van der Waals surface area (Å²) in [5, 5.41) is 3.06. The van der Waals surface area contributed by atoms with Gasteiger partial charge in [-0.25, -0.2) is 0 Å². The molecule has 1 saturated heterocycles. The van der Waals surface area contributed by atoms with Crippen LogP contribution in [-0.4, -0.2) is 55.4 Å². The van der Waals surface area contributed by atoms with Crippen LogP contribution in [0.3, 0.4) is 0 Å². The van der Waals surface area contributed by atoms with E-state index in [-0.39, 0.29) is 5.91 Å². The minimum Gasteiger partial charge on any atom is -0.486 e. The fourth-order valence-corrected chi connectivity index (χ4v) is 3.84. The Morgan fingerprint density at radius 3 is 3.00 bits per heavy atom. The van der Waals surface area contributed by atoms with Gasteiger partial charge >= 0.3 is 0 Å². The highest BCUT2D eigenvalue weighted by Gasteiger charge is 2.23. The smallest absolute Gasteiger partial charge is 0.230 e. The first-order chi connectivity index (χ1) is 11.3. The van der Waals surface area contributed by atoms with Crippen molar-refractivity contribution in [3.8, 4) is 11.5 Å². The molecule has 5 nitrogen and oxygen atoms in total. The molecule has 1 aromatic rings. The largest absolute Gasteiger partial charge is 0.486 e. The van der Waals surface area contributed by atoms with Crippen LogP contribution in [0.4, 0.5) is 0 Å². The third-order valence-electron chi connectivity index (χ3n) is 4.32. The van der Waals surface area contributed by atoms with Crippen LogP contribution in [0.5, 0.6) is 11.5 Å². The van der Waals surface area contributed by atoms with E-state index in [4.69, 9.17) is 9.47 Å². The molecule has 0 aromatic heterocycles. The van der Waals surface area contributed by atoms with Crippen molar-refractivity contribution in [3.63, 3.8) is 0 Å². The zero-order chi connectivity index (χ0) is 16.1. The van der Waals surface area contributed by atoms with Crippen molar-refractivity contribution in [1.82, 2.24) is 10.2 Å². The van der Waals surface area contributed by atoms with E-state index in [1.54, 1.807) is 0 Å². The maximum atomic E-state index is 12.1. The number of nitrogens with zero attached hydrogens (tertiary/aromatic N) is 1. The van der Waals surface area contributed by atoms with E-state index in [1.807, 2.05) is 18.2 Å². The van der Waals surface area contributed by atoms with E-state index in [0.717, 1.165) is 36.0 Å². The van der Waals surface area contributed by atoms with Crippen molar-refractivity contribution < 1.29 is 14.3 Å². The third kappa shape index (κ3) is 4.32. The predicted molar refractivity (Wildman–Crippen MR) is 91.4 cm³/mol. The second-order valence-corrected chi connectivity index (χ2v) is 6.87. The number of ether oxygens (including phenoxy) is 2. The van der Waals surface area contributed by atoms with E-state index in [0.29, 0.717) is 25.0 Å². The number of thioether (sulfide) groups is 1. The average Bonchev–Trinajstić information content (AvgIpc) is 3.05. The van der Waals surface area contributed by atoms with Gasteiger partial charge in [-0.1, -0.05) is 6.92 Å². The summed E-state index contributed by atoms with van der Waals surface area (Å²) in [6, 6.07) is 6.33. The number of fused-ring (bicyclic) bond motifs is 1. The molecule has 0 aliphatic carbocycles. The van der Waals surface area contributed by atoms with Crippen molar-refractivity contribution in [2.45, 2.75) is 30.7 Å². The van der Waals surface area contributed by atoms with Gasteiger partial charge in [0, 0.05) is 17.5 Å². The number of nitrogens with one attached hydrogen (secondary N) is 1. The van der Waals surface area contributed by atoms with Crippen LogP contribution in [-0.2, 0) is 4.79 Å². The maximum Gasteiger partial charge on any atom is 0.230 e. The lowest BCUT2D eigenvalue weighted by molar-refractivity contribution is -0.118. The monoisotopic (exact) mass is 336 g/mol. The normalized spacial score (nSPS) is 20.5. The molecule has 0 saturated carbocycles. The Balaban J connectivity index is 1.44. The number of hydrogen-bond donors (Lipinski definition) is 1. The summed E-state index contributed by atoms with van der Waals surface area (Å²) in [5.41, 5.74) is 0. The van der Waals surface area contributed by atoms with E-state index in [9.17, 15) is 4.79 Å². The first kappa shape index (κ1) is 16.5.